The number of piperazine rings is 1. The molecule has 0 spiro atoms. The summed E-state index contributed by atoms with van der Waals surface area (Å²) in [5.74, 6) is 0. The molecule has 100 valence electrons. The van der Waals surface area contributed by atoms with Crippen LogP contribution in [0.2, 0.25) is 0 Å². The SMILES string of the molecule is CCCN1CCN(c2cc(C)ncc2CN)CC1. The lowest BCUT2D eigenvalue weighted by Gasteiger charge is -2.36. The second-order valence-corrected chi connectivity index (χ2v) is 4.99. The van der Waals surface area contributed by atoms with Crippen molar-refractivity contribution in [2.24, 2.45) is 5.73 Å². The minimum absolute atomic E-state index is 0.567. The standard InChI is InChI=1S/C14H24N4/c1-3-4-17-5-7-18(8-6-17)14-9-12(2)16-11-13(14)10-15/h9,11H,3-8,10,15H2,1-2H3. The summed E-state index contributed by atoms with van der Waals surface area (Å²) in [5, 5.41) is 0. The average molecular weight is 248 g/mol. The molecular weight excluding hydrogens is 224 g/mol. The van der Waals surface area contributed by atoms with E-state index in [2.05, 4.69) is 27.8 Å². The maximum Gasteiger partial charge on any atom is 0.0446 e. The van der Waals surface area contributed by atoms with Crippen molar-refractivity contribution < 1.29 is 0 Å². The van der Waals surface area contributed by atoms with E-state index >= 15 is 0 Å². The molecule has 0 amide bonds. The fourth-order valence-corrected chi connectivity index (χ4v) is 2.55. The van der Waals surface area contributed by atoms with Gasteiger partial charge in [-0.3, -0.25) is 9.88 Å². The van der Waals surface area contributed by atoms with Crippen LogP contribution in [-0.2, 0) is 6.54 Å². The van der Waals surface area contributed by atoms with Gasteiger partial charge in [-0.25, -0.2) is 0 Å². The molecule has 0 saturated carbocycles. The van der Waals surface area contributed by atoms with Crippen LogP contribution in [0.3, 0.4) is 0 Å². The largest absolute Gasteiger partial charge is 0.369 e. The Labute approximate surface area is 110 Å². The number of hydrogen-bond donors (Lipinski definition) is 1. The van der Waals surface area contributed by atoms with Crippen LogP contribution < -0.4 is 10.6 Å². The van der Waals surface area contributed by atoms with Crippen molar-refractivity contribution in [1.29, 1.82) is 0 Å². The molecule has 1 saturated heterocycles. The molecule has 0 unspecified atom stereocenters. The average Bonchev–Trinajstić information content (AvgIpc) is 2.40. The maximum absolute atomic E-state index is 5.81. The summed E-state index contributed by atoms with van der Waals surface area (Å²) in [6, 6.07) is 2.16. The Kier molecular flexibility index (Phi) is 4.55. The molecule has 2 N–H and O–H groups in total. The van der Waals surface area contributed by atoms with Gasteiger partial charge in [0.2, 0.25) is 0 Å². The molecule has 18 heavy (non-hydrogen) atoms. The highest BCUT2D eigenvalue weighted by Crippen LogP contribution is 2.22. The first-order valence-corrected chi connectivity index (χ1v) is 6.87. The highest BCUT2D eigenvalue weighted by atomic mass is 15.3. The number of hydrogen-bond acceptors (Lipinski definition) is 4. The molecule has 0 radical (unpaired) electrons. The molecule has 1 fully saturated rings. The monoisotopic (exact) mass is 248 g/mol. The summed E-state index contributed by atoms with van der Waals surface area (Å²) >= 11 is 0. The summed E-state index contributed by atoms with van der Waals surface area (Å²) in [5.41, 5.74) is 9.31. The molecule has 4 heteroatoms. The van der Waals surface area contributed by atoms with Crippen molar-refractivity contribution in [1.82, 2.24) is 9.88 Å². The zero-order valence-corrected chi connectivity index (χ0v) is 11.5. The summed E-state index contributed by atoms with van der Waals surface area (Å²) in [7, 11) is 0. The van der Waals surface area contributed by atoms with Crippen molar-refractivity contribution in [2.75, 3.05) is 37.6 Å². The Hall–Kier alpha value is -1.13. The van der Waals surface area contributed by atoms with E-state index in [4.69, 9.17) is 5.73 Å². The second kappa shape index (κ2) is 6.16. The number of nitrogens with zero attached hydrogens (tertiary/aromatic N) is 3. The van der Waals surface area contributed by atoms with Gasteiger partial charge < -0.3 is 10.6 Å². The van der Waals surface area contributed by atoms with Gasteiger partial charge in [0.1, 0.15) is 0 Å². The minimum Gasteiger partial charge on any atom is -0.369 e. The topological polar surface area (TPSA) is 45.4 Å². The summed E-state index contributed by atoms with van der Waals surface area (Å²) in [6.45, 7) is 10.6. The molecule has 4 nitrogen and oxygen atoms in total. The zero-order valence-electron chi connectivity index (χ0n) is 11.5. The van der Waals surface area contributed by atoms with Gasteiger partial charge in [0, 0.05) is 55.9 Å². The van der Waals surface area contributed by atoms with Crippen molar-refractivity contribution in [3.05, 3.63) is 23.5 Å². The quantitative estimate of drug-likeness (QED) is 0.874. The third-order valence-electron chi connectivity index (χ3n) is 3.57. The van der Waals surface area contributed by atoms with E-state index in [1.807, 2.05) is 13.1 Å². The molecule has 0 atom stereocenters. The van der Waals surface area contributed by atoms with E-state index in [1.165, 1.54) is 18.7 Å². The van der Waals surface area contributed by atoms with E-state index in [0.29, 0.717) is 6.54 Å². The lowest BCUT2D eigenvalue weighted by molar-refractivity contribution is 0.258. The van der Waals surface area contributed by atoms with Gasteiger partial charge in [0.15, 0.2) is 0 Å². The highest BCUT2D eigenvalue weighted by Gasteiger charge is 2.18. The van der Waals surface area contributed by atoms with E-state index in [1.54, 1.807) is 0 Å². The van der Waals surface area contributed by atoms with Crippen molar-refractivity contribution in [3.8, 4) is 0 Å². The fourth-order valence-electron chi connectivity index (χ4n) is 2.55. The number of nitrogens with two attached hydrogens (primary N) is 1. The van der Waals surface area contributed by atoms with Crippen LogP contribution in [0.15, 0.2) is 12.3 Å². The van der Waals surface area contributed by atoms with Gasteiger partial charge in [-0.15, -0.1) is 0 Å². The van der Waals surface area contributed by atoms with E-state index in [-0.39, 0.29) is 0 Å². The Bertz CT molecular complexity index is 383. The molecular formula is C14H24N4. The van der Waals surface area contributed by atoms with Gasteiger partial charge in [-0.2, -0.15) is 0 Å². The van der Waals surface area contributed by atoms with Gasteiger partial charge >= 0.3 is 0 Å². The van der Waals surface area contributed by atoms with Crippen LogP contribution in [0, 0.1) is 6.92 Å². The Morgan fingerprint density at radius 1 is 1.28 bits per heavy atom. The second-order valence-electron chi connectivity index (χ2n) is 4.99. The first kappa shape index (κ1) is 13.3. The third kappa shape index (κ3) is 3.00. The van der Waals surface area contributed by atoms with Crippen LogP contribution in [0.4, 0.5) is 5.69 Å². The van der Waals surface area contributed by atoms with Crippen LogP contribution in [-0.4, -0.2) is 42.6 Å². The Morgan fingerprint density at radius 2 is 2.00 bits per heavy atom. The number of anilines is 1. The molecule has 1 aromatic rings. The fraction of sp³-hybridized carbons (Fsp3) is 0.643. The third-order valence-corrected chi connectivity index (χ3v) is 3.57. The predicted molar refractivity (Wildman–Crippen MR) is 75.8 cm³/mol. The molecule has 1 aliphatic heterocycles. The molecule has 0 aromatic carbocycles. The number of aryl methyl sites for hydroxylation is 1. The molecule has 2 rings (SSSR count). The normalized spacial score (nSPS) is 17.2. The lowest BCUT2D eigenvalue weighted by atomic mass is 10.1. The predicted octanol–water partition coefficient (Wildman–Crippen LogP) is 1.38. The number of pyridine rings is 1. The van der Waals surface area contributed by atoms with E-state index in [0.717, 1.165) is 37.4 Å². The van der Waals surface area contributed by atoms with Crippen LogP contribution >= 0.6 is 0 Å². The van der Waals surface area contributed by atoms with Gasteiger partial charge in [-0.1, -0.05) is 6.92 Å². The summed E-state index contributed by atoms with van der Waals surface area (Å²) < 4.78 is 0. The zero-order chi connectivity index (χ0) is 13.0. The van der Waals surface area contributed by atoms with Crippen LogP contribution in [0.25, 0.3) is 0 Å². The maximum atomic E-state index is 5.81. The van der Waals surface area contributed by atoms with Gasteiger partial charge in [-0.05, 0) is 26.0 Å². The van der Waals surface area contributed by atoms with Crippen LogP contribution in [0.1, 0.15) is 24.6 Å². The van der Waals surface area contributed by atoms with Crippen LogP contribution in [0.5, 0.6) is 0 Å². The van der Waals surface area contributed by atoms with Gasteiger partial charge in [0.25, 0.3) is 0 Å². The molecule has 0 aliphatic carbocycles. The van der Waals surface area contributed by atoms with Crippen molar-refractivity contribution in [3.63, 3.8) is 0 Å². The van der Waals surface area contributed by atoms with E-state index in [9.17, 15) is 0 Å². The number of aromatic nitrogens is 1. The smallest absolute Gasteiger partial charge is 0.0446 e. The summed E-state index contributed by atoms with van der Waals surface area (Å²) in [4.78, 5) is 9.31. The van der Waals surface area contributed by atoms with Crippen molar-refractivity contribution in [2.45, 2.75) is 26.8 Å². The molecule has 2 heterocycles. The Balaban J connectivity index is 2.06. The Morgan fingerprint density at radius 3 is 2.61 bits per heavy atom. The summed E-state index contributed by atoms with van der Waals surface area (Å²) in [6.07, 6.45) is 3.16. The van der Waals surface area contributed by atoms with E-state index < -0.39 is 0 Å². The first-order valence-electron chi connectivity index (χ1n) is 6.87. The lowest BCUT2D eigenvalue weighted by Crippen LogP contribution is -2.46. The molecule has 1 aromatic heterocycles. The molecule has 1 aliphatic rings. The highest BCUT2D eigenvalue weighted by molar-refractivity contribution is 5.54. The number of rotatable bonds is 4. The molecule has 0 bridgehead atoms. The minimum atomic E-state index is 0.567. The van der Waals surface area contributed by atoms with Crippen molar-refractivity contribution >= 4 is 5.69 Å². The van der Waals surface area contributed by atoms with Gasteiger partial charge in [0.05, 0.1) is 0 Å². The first-order chi connectivity index (χ1) is 8.74.